The van der Waals surface area contributed by atoms with Gasteiger partial charge in [0.05, 0.1) is 17.0 Å². The van der Waals surface area contributed by atoms with Gasteiger partial charge in [0.1, 0.15) is 5.56 Å². The zero-order valence-electron chi connectivity index (χ0n) is 11.5. The smallest absolute Gasteiger partial charge is 0.270 e. The lowest BCUT2D eigenvalue weighted by molar-refractivity contribution is -0.385. The van der Waals surface area contributed by atoms with Crippen molar-refractivity contribution in [3.8, 4) is 0 Å². The molecule has 0 aliphatic carbocycles. The van der Waals surface area contributed by atoms with Crippen LogP contribution in [0.25, 0.3) is 0 Å². The van der Waals surface area contributed by atoms with Crippen LogP contribution in [0, 0.1) is 10.1 Å². The van der Waals surface area contributed by atoms with Crippen LogP contribution in [0.1, 0.15) is 26.3 Å². The van der Waals surface area contributed by atoms with Gasteiger partial charge in [0, 0.05) is 21.7 Å². The normalized spacial score (nSPS) is 13.4. The van der Waals surface area contributed by atoms with E-state index in [4.69, 9.17) is 23.2 Å². The van der Waals surface area contributed by atoms with Crippen LogP contribution >= 0.6 is 23.2 Å². The van der Waals surface area contributed by atoms with Crippen molar-refractivity contribution in [2.75, 3.05) is 0 Å². The summed E-state index contributed by atoms with van der Waals surface area (Å²) in [7, 11) is 0. The Bertz CT molecular complexity index is 846. The van der Waals surface area contributed by atoms with Gasteiger partial charge < -0.3 is 0 Å². The maximum Gasteiger partial charge on any atom is 0.282 e. The van der Waals surface area contributed by atoms with Crippen molar-refractivity contribution in [1.82, 2.24) is 4.90 Å². The molecule has 2 amide bonds. The largest absolute Gasteiger partial charge is 0.282 e. The van der Waals surface area contributed by atoms with Crippen LogP contribution in [0.4, 0.5) is 5.69 Å². The highest BCUT2D eigenvalue weighted by molar-refractivity contribution is 6.36. The lowest BCUT2D eigenvalue weighted by Crippen LogP contribution is -2.29. The lowest BCUT2D eigenvalue weighted by atomic mass is 10.1. The molecule has 0 radical (unpaired) electrons. The number of nitro groups is 1. The van der Waals surface area contributed by atoms with Crippen LogP contribution in [0.15, 0.2) is 36.4 Å². The van der Waals surface area contributed by atoms with Crippen molar-refractivity contribution >= 4 is 40.7 Å². The summed E-state index contributed by atoms with van der Waals surface area (Å²) in [5.74, 6) is -1.34. The van der Waals surface area contributed by atoms with Crippen LogP contribution in [0.3, 0.4) is 0 Å². The van der Waals surface area contributed by atoms with E-state index in [0.29, 0.717) is 15.6 Å². The summed E-state index contributed by atoms with van der Waals surface area (Å²) in [5.41, 5.74) is -0.181. The molecule has 116 valence electrons. The van der Waals surface area contributed by atoms with Gasteiger partial charge in [0.25, 0.3) is 17.5 Å². The van der Waals surface area contributed by atoms with E-state index in [1.54, 1.807) is 18.2 Å². The second-order valence-electron chi connectivity index (χ2n) is 4.85. The Morgan fingerprint density at radius 1 is 1.00 bits per heavy atom. The predicted molar refractivity (Wildman–Crippen MR) is 83.8 cm³/mol. The average molecular weight is 351 g/mol. The van der Waals surface area contributed by atoms with Gasteiger partial charge in [-0.3, -0.25) is 24.6 Å². The number of rotatable bonds is 3. The first-order valence-corrected chi connectivity index (χ1v) is 7.24. The van der Waals surface area contributed by atoms with Gasteiger partial charge in [-0.1, -0.05) is 35.3 Å². The van der Waals surface area contributed by atoms with Gasteiger partial charge in [0.15, 0.2) is 0 Å². The molecule has 0 aromatic heterocycles. The first-order valence-electron chi connectivity index (χ1n) is 6.48. The number of nitrogens with zero attached hydrogens (tertiary/aromatic N) is 2. The van der Waals surface area contributed by atoms with E-state index in [1.807, 2.05) is 0 Å². The standard InChI is InChI=1S/C15H8Cl2N2O4/c16-10-4-2-5-11(17)9(10)7-18-14(20)8-3-1-6-12(19(22)23)13(8)15(18)21/h1-6H,7H2. The molecule has 0 saturated heterocycles. The Balaban J connectivity index is 2.05. The first-order chi connectivity index (χ1) is 10.9. The SMILES string of the molecule is O=C1c2cccc([N+](=O)[O-])c2C(=O)N1Cc1c(Cl)cccc1Cl. The zero-order valence-corrected chi connectivity index (χ0v) is 13.0. The quantitative estimate of drug-likeness (QED) is 0.480. The zero-order chi connectivity index (χ0) is 16.7. The van der Waals surface area contributed by atoms with E-state index in [0.717, 1.165) is 4.90 Å². The van der Waals surface area contributed by atoms with Crippen molar-refractivity contribution in [3.05, 3.63) is 73.2 Å². The molecule has 6 nitrogen and oxygen atoms in total. The fourth-order valence-corrected chi connectivity index (χ4v) is 2.97. The minimum absolute atomic E-state index is 0.00683. The number of fused-ring (bicyclic) bond motifs is 1. The van der Waals surface area contributed by atoms with Crippen molar-refractivity contribution in [2.24, 2.45) is 0 Å². The van der Waals surface area contributed by atoms with E-state index in [-0.39, 0.29) is 17.7 Å². The minimum atomic E-state index is -0.728. The number of hydrogen-bond acceptors (Lipinski definition) is 4. The molecule has 0 atom stereocenters. The van der Waals surface area contributed by atoms with E-state index >= 15 is 0 Å². The first kappa shape index (κ1) is 15.5. The predicted octanol–water partition coefficient (Wildman–Crippen LogP) is 3.70. The Morgan fingerprint density at radius 2 is 1.61 bits per heavy atom. The Kier molecular flexibility index (Phi) is 3.79. The number of benzene rings is 2. The molecule has 0 spiro atoms. The Morgan fingerprint density at radius 3 is 2.22 bits per heavy atom. The van der Waals surface area contributed by atoms with Gasteiger partial charge >= 0.3 is 0 Å². The summed E-state index contributed by atoms with van der Waals surface area (Å²) >= 11 is 12.1. The molecule has 0 unspecified atom stereocenters. The van der Waals surface area contributed by atoms with Crippen molar-refractivity contribution in [3.63, 3.8) is 0 Å². The summed E-state index contributed by atoms with van der Waals surface area (Å²) in [6, 6.07) is 8.76. The number of hydrogen-bond donors (Lipinski definition) is 0. The summed E-state index contributed by atoms with van der Waals surface area (Å²) in [6.07, 6.45) is 0. The highest BCUT2D eigenvalue weighted by atomic mass is 35.5. The third kappa shape index (κ3) is 2.46. The third-order valence-corrected chi connectivity index (χ3v) is 4.26. The summed E-state index contributed by atoms with van der Waals surface area (Å²) in [5, 5.41) is 11.7. The van der Waals surface area contributed by atoms with E-state index < -0.39 is 22.4 Å². The number of amides is 2. The van der Waals surface area contributed by atoms with Gasteiger partial charge in [-0.15, -0.1) is 0 Å². The molecule has 0 bridgehead atoms. The summed E-state index contributed by atoms with van der Waals surface area (Å²) < 4.78 is 0. The molecule has 0 fully saturated rings. The molecule has 2 aromatic rings. The second kappa shape index (κ2) is 5.64. The Labute approximate surface area is 140 Å². The van der Waals surface area contributed by atoms with Crippen LogP contribution in [0.2, 0.25) is 10.0 Å². The Hall–Kier alpha value is -2.44. The molecular formula is C15H8Cl2N2O4. The van der Waals surface area contributed by atoms with Crippen LogP contribution in [-0.4, -0.2) is 21.6 Å². The monoisotopic (exact) mass is 350 g/mol. The van der Waals surface area contributed by atoms with Gasteiger partial charge in [-0.2, -0.15) is 0 Å². The van der Waals surface area contributed by atoms with Crippen molar-refractivity contribution in [1.29, 1.82) is 0 Å². The van der Waals surface area contributed by atoms with Gasteiger partial charge in [-0.05, 0) is 18.2 Å². The molecule has 8 heteroatoms. The maximum absolute atomic E-state index is 12.5. The average Bonchev–Trinajstić information content (AvgIpc) is 2.75. The van der Waals surface area contributed by atoms with Crippen LogP contribution in [0.5, 0.6) is 0 Å². The number of imide groups is 1. The van der Waals surface area contributed by atoms with Gasteiger partial charge in [0.2, 0.25) is 0 Å². The van der Waals surface area contributed by atoms with Crippen LogP contribution < -0.4 is 0 Å². The summed E-state index contributed by atoms with van der Waals surface area (Å²) in [4.78, 5) is 36.2. The fourth-order valence-electron chi connectivity index (χ4n) is 2.45. The van der Waals surface area contributed by atoms with Crippen molar-refractivity contribution in [2.45, 2.75) is 6.54 Å². The molecule has 1 aliphatic heterocycles. The van der Waals surface area contributed by atoms with E-state index in [9.17, 15) is 19.7 Å². The highest BCUT2D eigenvalue weighted by Gasteiger charge is 2.41. The van der Waals surface area contributed by atoms with E-state index in [1.165, 1.54) is 18.2 Å². The van der Waals surface area contributed by atoms with E-state index in [2.05, 4.69) is 0 Å². The summed E-state index contributed by atoms with van der Waals surface area (Å²) in [6.45, 7) is -0.151. The molecule has 1 aliphatic rings. The number of halogens is 2. The molecule has 3 rings (SSSR count). The van der Waals surface area contributed by atoms with Crippen molar-refractivity contribution < 1.29 is 14.5 Å². The lowest BCUT2D eigenvalue weighted by Gasteiger charge is -2.15. The molecule has 23 heavy (non-hydrogen) atoms. The molecule has 0 saturated carbocycles. The molecule has 0 N–H and O–H groups in total. The molecular weight excluding hydrogens is 343 g/mol. The number of carbonyl (C=O) groups is 2. The van der Waals surface area contributed by atoms with Gasteiger partial charge in [-0.25, -0.2) is 0 Å². The second-order valence-corrected chi connectivity index (χ2v) is 5.67. The highest BCUT2D eigenvalue weighted by Crippen LogP contribution is 2.33. The van der Waals surface area contributed by atoms with Crippen LogP contribution in [-0.2, 0) is 6.54 Å². The number of carbonyl (C=O) groups excluding carboxylic acids is 2. The fraction of sp³-hybridized carbons (Fsp3) is 0.0667. The molecule has 1 heterocycles. The molecule has 2 aromatic carbocycles. The topological polar surface area (TPSA) is 80.5 Å². The number of nitro benzene ring substituents is 1. The third-order valence-electron chi connectivity index (χ3n) is 3.55. The maximum atomic E-state index is 12.5. The minimum Gasteiger partial charge on any atom is -0.270 e.